The van der Waals surface area contributed by atoms with Gasteiger partial charge in [-0.3, -0.25) is 9.99 Å². The number of aryl methyl sites for hydroxylation is 1. The lowest BCUT2D eigenvalue weighted by atomic mass is 9.99. The summed E-state index contributed by atoms with van der Waals surface area (Å²) in [5.74, 6) is 0.538. The first-order valence-corrected chi connectivity index (χ1v) is 15.5. The van der Waals surface area contributed by atoms with E-state index < -0.39 is 6.36 Å². The molecule has 2 heterocycles. The number of nitrogens with one attached hydrogen (secondary N) is 2. The zero-order valence-corrected chi connectivity index (χ0v) is 26.7. The maximum absolute atomic E-state index is 12.4. The van der Waals surface area contributed by atoms with Crippen molar-refractivity contribution in [3.8, 4) is 28.5 Å². The molecule has 5 aromatic rings. The van der Waals surface area contributed by atoms with Crippen LogP contribution in [0.5, 0.6) is 5.75 Å². The lowest BCUT2D eigenvalue weighted by Gasteiger charge is -2.18. The van der Waals surface area contributed by atoms with E-state index in [0.717, 1.165) is 28.0 Å². The van der Waals surface area contributed by atoms with E-state index in [0.29, 0.717) is 22.5 Å². The number of thiazole rings is 1. The van der Waals surface area contributed by atoms with Crippen LogP contribution in [0.25, 0.3) is 22.8 Å². The van der Waals surface area contributed by atoms with Crippen molar-refractivity contribution >= 4 is 28.7 Å². The van der Waals surface area contributed by atoms with Crippen LogP contribution in [0.15, 0.2) is 89.6 Å². The molecule has 0 amide bonds. The van der Waals surface area contributed by atoms with Gasteiger partial charge in [0.15, 0.2) is 10.6 Å². The third kappa shape index (κ3) is 8.04. The third-order valence-corrected chi connectivity index (χ3v) is 7.96. The van der Waals surface area contributed by atoms with E-state index in [-0.39, 0.29) is 11.8 Å². The van der Waals surface area contributed by atoms with Gasteiger partial charge in [-0.15, -0.1) is 29.6 Å². The van der Waals surface area contributed by atoms with Crippen LogP contribution in [0.3, 0.4) is 0 Å². The Hall–Kier alpha value is -4.33. The zero-order chi connectivity index (χ0) is 32.1. The van der Waals surface area contributed by atoms with Gasteiger partial charge < -0.3 is 4.74 Å². The highest BCUT2D eigenvalue weighted by molar-refractivity contribution is 7.80. The van der Waals surface area contributed by atoms with Crippen LogP contribution in [0.2, 0.25) is 0 Å². The number of rotatable bonds is 9. The van der Waals surface area contributed by atoms with Gasteiger partial charge in [0.05, 0.1) is 17.4 Å². The Morgan fingerprint density at radius 2 is 1.80 bits per heavy atom. The molecule has 45 heavy (non-hydrogen) atoms. The van der Waals surface area contributed by atoms with Crippen molar-refractivity contribution in [3.63, 3.8) is 0 Å². The summed E-state index contributed by atoms with van der Waals surface area (Å²) in [7, 11) is 0. The fraction of sp³-hybridized carbons (Fsp3) is 0.250. The number of ether oxygens (including phenoxy) is 1. The zero-order valence-electron chi connectivity index (χ0n) is 25.0. The molecule has 2 aromatic heterocycles. The van der Waals surface area contributed by atoms with Crippen LogP contribution in [-0.4, -0.2) is 30.8 Å². The molecule has 0 aliphatic carbocycles. The molecule has 0 fully saturated rings. The van der Waals surface area contributed by atoms with Crippen LogP contribution in [0.1, 0.15) is 55.8 Å². The number of hydrogen-bond donors (Lipinski definition) is 2. The molecule has 13 heteroatoms. The van der Waals surface area contributed by atoms with Gasteiger partial charge in [0.25, 0.3) is 0 Å². The quantitative estimate of drug-likeness (QED) is 0.127. The Morgan fingerprint density at radius 1 is 1.07 bits per heavy atom. The highest BCUT2D eigenvalue weighted by Gasteiger charge is 2.31. The second-order valence-corrected chi connectivity index (χ2v) is 11.9. The van der Waals surface area contributed by atoms with Crippen LogP contribution >= 0.6 is 23.6 Å². The molecule has 1 unspecified atom stereocenters. The first kappa shape index (κ1) is 32.1. The molecule has 3 aromatic carbocycles. The monoisotopic (exact) mass is 651 g/mol. The summed E-state index contributed by atoms with van der Waals surface area (Å²) >= 11 is 7.09. The summed E-state index contributed by atoms with van der Waals surface area (Å²) in [6.07, 6.45) is -0.438. The largest absolute Gasteiger partial charge is 0.573 e. The van der Waals surface area contributed by atoms with E-state index in [9.17, 15) is 13.2 Å². The maximum atomic E-state index is 12.4. The smallest absolute Gasteiger partial charge is 0.406 e. The molecule has 0 aliphatic rings. The molecule has 234 valence electrons. The SMILES string of the molecule is CCC(NNC(=S)/N=c1\sccn1-c1cc(C)ccc1C(C)C)c1ccc(-c2ncn(-c3ccc(OC(F)(F)F)cc3)n2)cc1. The summed E-state index contributed by atoms with van der Waals surface area (Å²) in [6.45, 7) is 8.51. The van der Waals surface area contributed by atoms with Gasteiger partial charge in [-0.2, -0.15) is 4.99 Å². The standard InChI is InChI=1S/C32H32F3N7OS2/c1-5-27(38-39-30(44)37-31-41(16-17-45-31)28-18-21(4)6-15-26(28)20(2)3)22-7-9-23(10-8-22)29-36-19-42(40-29)24-11-13-25(14-12-24)43-32(33,34)35/h6-20,27,38H,5H2,1-4H3,(H,39,44)/b37-31-. The van der Waals surface area contributed by atoms with Gasteiger partial charge in [0, 0.05) is 17.1 Å². The average Bonchev–Trinajstić information content (AvgIpc) is 3.68. The van der Waals surface area contributed by atoms with Crippen molar-refractivity contribution < 1.29 is 17.9 Å². The van der Waals surface area contributed by atoms with Crippen molar-refractivity contribution in [2.75, 3.05) is 0 Å². The number of hydrogen-bond acceptors (Lipinski definition) is 6. The maximum Gasteiger partial charge on any atom is 0.573 e. The van der Waals surface area contributed by atoms with Crippen LogP contribution in [0, 0.1) is 6.92 Å². The molecule has 0 radical (unpaired) electrons. The van der Waals surface area contributed by atoms with E-state index in [4.69, 9.17) is 17.2 Å². The Labute approximate surface area is 268 Å². The Kier molecular flexibility index (Phi) is 9.80. The molecule has 5 rings (SSSR count). The molecule has 0 spiro atoms. The summed E-state index contributed by atoms with van der Waals surface area (Å²) in [5, 5.41) is 6.80. The predicted molar refractivity (Wildman–Crippen MR) is 173 cm³/mol. The second kappa shape index (κ2) is 13.8. The van der Waals surface area contributed by atoms with Crippen molar-refractivity contribution in [1.82, 2.24) is 30.2 Å². The summed E-state index contributed by atoms with van der Waals surface area (Å²) in [4.78, 5) is 9.83. The van der Waals surface area contributed by atoms with E-state index >= 15 is 0 Å². The molecule has 2 N–H and O–H groups in total. The van der Waals surface area contributed by atoms with Gasteiger partial charge in [-0.05, 0) is 78.5 Å². The molecular formula is C32H32F3N7OS2. The molecule has 0 bridgehead atoms. The number of halogens is 3. The van der Waals surface area contributed by atoms with Gasteiger partial charge >= 0.3 is 6.36 Å². The van der Waals surface area contributed by atoms with Gasteiger partial charge in [-0.1, -0.05) is 57.2 Å². The lowest BCUT2D eigenvalue weighted by molar-refractivity contribution is -0.274. The summed E-state index contributed by atoms with van der Waals surface area (Å²) in [6, 6.07) is 19.7. The van der Waals surface area contributed by atoms with Crippen LogP contribution in [0.4, 0.5) is 13.2 Å². The first-order valence-electron chi connectivity index (χ1n) is 14.3. The summed E-state index contributed by atoms with van der Waals surface area (Å²) in [5.41, 5.74) is 12.3. The molecule has 0 aliphatic heterocycles. The molecule has 0 saturated carbocycles. The van der Waals surface area contributed by atoms with Gasteiger partial charge in [0.2, 0.25) is 5.11 Å². The number of aromatic nitrogens is 4. The summed E-state index contributed by atoms with van der Waals surface area (Å²) < 4.78 is 44.8. The number of benzene rings is 3. The van der Waals surface area contributed by atoms with Crippen molar-refractivity contribution in [3.05, 3.63) is 106 Å². The fourth-order valence-corrected chi connectivity index (χ4v) is 5.68. The topological polar surface area (TPSA) is 81.3 Å². The first-order chi connectivity index (χ1) is 21.5. The molecule has 1 atom stereocenters. The fourth-order valence-electron chi connectivity index (χ4n) is 4.76. The highest BCUT2D eigenvalue weighted by Crippen LogP contribution is 2.26. The van der Waals surface area contributed by atoms with Crippen LogP contribution < -0.4 is 20.4 Å². The second-order valence-electron chi connectivity index (χ2n) is 10.6. The minimum absolute atomic E-state index is 0.0464. The van der Waals surface area contributed by atoms with E-state index in [1.165, 1.54) is 57.7 Å². The number of nitrogens with zero attached hydrogens (tertiary/aromatic N) is 5. The average molecular weight is 652 g/mol. The van der Waals surface area contributed by atoms with Crippen molar-refractivity contribution in [1.29, 1.82) is 0 Å². The van der Waals surface area contributed by atoms with Gasteiger partial charge in [0.1, 0.15) is 12.1 Å². The predicted octanol–water partition coefficient (Wildman–Crippen LogP) is 7.55. The minimum atomic E-state index is -4.75. The molecule has 0 saturated heterocycles. The third-order valence-electron chi connectivity index (χ3n) is 7.01. The highest BCUT2D eigenvalue weighted by atomic mass is 32.1. The van der Waals surface area contributed by atoms with E-state index in [1.807, 2.05) is 35.8 Å². The number of hydrazine groups is 1. The van der Waals surface area contributed by atoms with Crippen molar-refractivity contribution in [2.45, 2.75) is 52.4 Å². The van der Waals surface area contributed by atoms with Crippen LogP contribution in [-0.2, 0) is 0 Å². The van der Waals surface area contributed by atoms with Gasteiger partial charge in [-0.25, -0.2) is 15.1 Å². The Bertz CT molecular complexity index is 1830. The normalized spacial score (nSPS) is 12.8. The number of thiocarbonyl (C=S) groups is 1. The van der Waals surface area contributed by atoms with E-state index in [1.54, 1.807) is 0 Å². The molecular weight excluding hydrogens is 620 g/mol. The Morgan fingerprint density at radius 3 is 2.47 bits per heavy atom. The van der Waals surface area contributed by atoms with E-state index in [2.05, 4.69) is 76.1 Å². The molecule has 8 nitrogen and oxygen atoms in total. The lowest BCUT2D eigenvalue weighted by Crippen LogP contribution is -2.39. The minimum Gasteiger partial charge on any atom is -0.406 e. The van der Waals surface area contributed by atoms with Crippen molar-refractivity contribution in [2.24, 2.45) is 4.99 Å². The number of alkyl halides is 3. The Balaban J connectivity index is 1.24.